The SMILES string of the molecule is Cc1nn(C)c(Cl)c1/C=C/C(=O)OC(C)C(=O)N(C)Cc1nc2ccccc2s1. The Hall–Kier alpha value is -2.71. The van der Waals surface area contributed by atoms with E-state index in [4.69, 9.17) is 16.3 Å². The third-order valence-electron chi connectivity index (χ3n) is 4.31. The van der Waals surface area contributed by atoms with Crippen LogP contribution in [0.3, 0.4) is 0 Å². The van der Waals surface area contributed by atoms with Crippen LogP contribution in [0.1, 0.15) is 23.2 Å². The van der Waals surface area contributed by atoms with E-state index in [2.05, 4.69) is 10.1 Å². The van der Waals surface area contributed by atoms with Crippen molar-refractivity contribution in [2.45, 2.75) is 26.5 Å². The molecule has 1 amide bonds. The second-order valence-corrected chi connectivity index (χ2v) is 8.07. The standard InChI is InChI=1S/C20H21ClN4O3S/c1-12-14(19(21)25(4)23-12)9-10-18(26)28-13(2)20(27)24(3)11-17-22-15-7-5-6-8-16(15)29-17/h5-10,13H,11H2,1-4H3/b10-9+. The summed E-state index contributed by atoms with van der Waals surface area (Å²) < 4.78 is 7.82. The molecule has 1 unspecified atom stereocenters. The van der Waals surface area contributed by atoms with E-state index in [-0.39, 0.29) is 5.91 Å². The highest BCUT2D eigenvalue weighted by Crippen LogP contribution is 2.23. The molecule has 0 bridgehead atoms. The third kappa shape index (κ3) is 4.83. The molecule has 0 saturated heterocycles. The molecule has 0 aliphatic carbocycles. The number of ether oxygens (including phenoxy) is 1. The Kier molecular flexibility index (Phi) is 6.34. The lowest BCUT2D eigenvalue weighted by atomic mass is 10.2. The van der Waals surface area contributed by atoms with Crippen LogP contribution in [0.15, 0.2) is 30.3 Å². The number of likely N-dealkylation sites (N-methyl/N-ethyl adjacent to an activating group) is 1. The number of fused-ring (bicyclic) bond motifs is 1. The van der Waals surface area contributed by atoms with E-state index in [0.29, 0.717) is 23.0 Å². The van der Waals surface area contributed by atoms with Crippen LogP contribution in [0.4, 0.5) is 0 Å². The number of para-hydroxylation sites is 1. The number of hydrogen-bond acceptors (Lipinski definition) is 6. The van der Waals surface area contributed by atoms with Gasteiger partial charge in [-0.25, -0.2) is 9.78 Å². The molecule has 1 atom stereocenters. The van der Waals surface area contributed by atoms with Crippen LogP contribution in [-0.4, -0.2) is 44.7 Å². The molecule has 9 heteroatoms. The molecule has 1 aromatic carbocycles. The summed E-state index contributed by atoms with van der Waals surface area (Å²) in [7, 11) is 3.38. The minimum absolute atomic E-state index is 0.304. The Morgan fingerprint density at radius 1 is 1.38 bits per heavy atom. The van der Waals surface area contributed by atoms with Crippen molar-refractivity contribution in [1.29, 1.82) is 0 Å². The summed E-state index contributed by atoms with van der Waals surface area (Å²) in [5.74, 6) is -0.930. The number of amides is 1. The Labute approximate surface area is 177 Å². The highest BCUT2D eigenvalue weighted by Gasteiger charge is 2.22. The molecule has 3 rings (SSSR count). The zero-order valence-corrected chi connectivity index (χ0v) is 18.1. The molecular weight excluding hydrogens is 412 g/mol. The maximum absolute atomic E-state index is 12.6. The smallest absolute Gasteiger partial charge is 0.331 e. The van der Waals surface area contributed by atoms with Gasteiger partial charge in [0.05, 0.1) is 22.5 Å². The van der Waals surface area contributed by atoms with Crippen molar-refractivity contribution in [2.24, 2.45) is 7.05 Å². The van der Waals surface area contributed by atoms with Crippen molar-refractivity contribution in [1.82, 2.24) is 19.7 Å². The first kappa shape index (κ1) is 21.0. The largest absolute Gasteiger partial charge is 0.449 e. The van der Waals surface area contributed by atoms with Gasteiger partial charge in [-0.2, -0.15) is 5.10 Å². The fourth-order valence-electron chi connectivity index (χ4n) is 2.83. The van der Waals surface area contributed by atoms with Gasteiger partial charge in [0.25, 0.3) is 5.91 Å². The Balaban J connectivity index is 1.58. The molecule has 0 radical (unpaired) electrons. The molecule has 0 spiro atoms. The molecule has 152 valence electrons. The molecule has 0 aliphatic heterocycles. The predicted molar refractivity (Wildman–Crippen MR) is 114 cm³/mol. The second-order valence-electron chi connectivity index (χ2n) is 6.60. The minimum Gasteiger partial charge on any atom is -0.449 e. The van der Waals surface area contributed by atoms with E-state index in [0.717, 1.165) is 15.2 Å². The van der Waals surface area contributed by atoms with Gasteiger partial charge >= 0.3 is 5.97 Å². The van der Waals surface area contributed by atoms with Gasteiger partial charge in [-0.05, 0) is 32.1 Å². The van der Waals surface area contributed by atoms with Crippen molar-refractivity contribution in [3.8, 4) is 0 Å². The third-order valence-corrected chi connectivity index (χ3v) is 5.78. The number of aromatic nitrogens is 3. The summed E-state index contributed by atoms with van der Waals surface area (Å²) >= 11 is 7.67. The Bertz CT molecular complexity index is 1060. The number of esters is 1. The zero-order chi connectivity index (χ0) is 21.1. The highest BCUT2D eigenvalue weighted by molar-refractivity contribution is 7.18. The first-order chi connectivity index (χ1) is 13.8. The van der Waals surface area contributed by atoms with Crippen molar-refractivity contribution >= 4 is 51.1 Å². The topological polar surface area (TPSA) is 77.3 Å². The Morgan fingerprint density at radius 2 is 2.10 bits per heavy atom. The van der Waals surface area contributed by atoms with Gasteiger partial charge in [0.1, 0.15) is 10.2 Å². The quantitative estimate of drug-likeness (QED) is 0.439. The molecule has 0 aliphatic rings. The van der Waals surface area contributed by atoms with Crippen molar-refractivity contribution in [3.63, 3.8) is 0 Å². The average Bonchev–Trinajstić information content (AvgIpc) is 3.19. The summed E-state index contributed by atoms with van der Waals surface area (Å²) in [4.78, 5) is 30.7. The van der Waals surface area contributed by atoms with Crippen molar-refractivity contribution < 1.29 is 14.3 Å². The van der Waals surface area contributed by atoms with Gasteiger partial charge in [-0.3, -0.25) is 9.48 Å². The fraction of sp³-hybridized carbons (Fsp3) is 0.300. The van der Waals surface area contributed by atoms with E-state index in [9.17, 15) is 9.59 Å². The van der Waals surface area contributed by atoms with Gasteiger partial charge in [-0.15, -0.1) is 11.3 Å². The summed E-state index contributed by atoms with van der Waals surface area (Å²) in [5, 5.41) is 5.42. The predicted octanol–water partition coefficient (Wildman–Crippen LogP) is 3.60. The molecular formula is C20H21ClN4O3S. The number of carbonyl (C=O) groups is 2. The maximum atomic E-state index is 12.6. The zero-order valence-electron chi connectivity index (χ0n) is 16.5. The number of halogens is 1. The van der Waals surface area contributed by atoms with Crippen LogP contribution < -0.4 is 0 Å². The molecule has 0 N–H and O–H groups in total. The van der Waals surface area contributed by atoms with Crippen LogP contribution in [0.25, 0.3) is 16.3 Å². The monoisotopic (exact) mass is 432 g/mol. The van der Waals surface area contributed by atoms with Crippen molar-refractivity contribution in [3.05, 3.63) is 51.8 Å². The number of nitrogens with zero attached hydrogens (tertiary/aromatic N) is 4. The van der Waals surface area contributed by atoms with Gasteiger partial charge in [0, 0.05) is 25.7 Å². The lowest BCUT2D eigenvalue weighted by Gasteiger charge is -2.20. The van der Waals surface area contributed by atoms with E-state index < -0.39 is 12.1 Å². The first-order valence-corrected chi connectivity index (χ1v) is 10.1. The molecule has 0 saturated carbocycles. The number of rotatable bonds is 6. The molecule has 3 aromatic rings. The Morgan fingerprint density at radius 3 is 2.76 bits per heavy atom. The summed E-state index contributed by atoms with van der Waals surface area (Å²) in [6.45, 7) is 3.69. The van der Waals surface area contributed by atoms with Crippen molar-refractivity contribution in [2.75, 3.05) is 7.05 Å². The van der Waals surface area contributed by atoms with Gasteiger partial charge in [-0.1, -0.05) is 23.7 Å². The van der Waals surface area contributed by atoms with Crippen LogP contribution in [-0.2, 0) is 27.9 Å². The second kappa shape index (κ2) is 8.75. The maximum Gasteiger partial charge on any atom is 0.331 e. The molecule has 2 heterocycles. The van der Waals surface area contributed by atoms with E-state index in [1.165, 1.54) is 33.1 Å². The lowest BCUT2D eigenvalue weighted by molar-refractivity contribution is -0.154. The molecule has 0 fully saturated rings. The number of carbonyl (C=O) groups excluding carboxylic acids is 2. The van der Waals surface area contributed by atoms with E-state index in [1.54, 1.807) is 27.9 Å². The van der Waals surface area contributed by atoms with Crippen LogP contribution >= 0.6 is 22.9 Å². The number of hydrogen-bond donors (Lipinski definition) is 0. The van der Waals surface area contributed by atoms with Gasteiger partial charge in [0.15, 0.2) is 6.10 Å². The lowest BCUT2D eigenvalue weighted by Crippen LogP contribution is -2.36. The minimum atomic E-state index is -0.919. The first-order valence-electron chi connectivity index (χ1n) is 8.93. The van der Waals surface area contributed by atoms with Gasteiger partial charge in [0.2, 0.25) is 0 Å². The normalized spacial score (nSPS) is 12.4. The summed E-state index contributed by atoms with van der Waals surface area (Å²) in [5.41, 5.74) is 2.24. The van der Waals surface area contributed by atoms with Crippen LogP contribution in [0.5, 0.6) is 0 Å². The molecule has 7 nitrogen and oxygen atoms in total. The van der Waals surface area contributed by atoms with Crippen LogP contribution in [0.2, 0.25) is 5.15 Å². The van der Waals surface area contributed by atoms with E-state index in [1.807, 2.05) is 24.3 Å². The number of aryl methyl sites for hydroxylation is 2. The van der Waals surface area contributed by atoms with E-state index >= 15 is 0 Å². The van der Waals surface area contributed by atoms with Crippen LogP contribution in [0, 0.1) is 6.92 Å². The number of thiazole rings is 1. The molecule has 2 aromatic heterocycles. The highest BCUT2D eigenvalue weighted by atomic mass is 35.5. The summed E-state index contributed by atoms with van der Waals surface area (Å²) in [6.07, 6.45) is 1.86. The summed E-state index contributed by atoms with van der Waals surface area (Å²) in [6, 6.07) is 7.81. The van der Waals surface area contributed by atoms with Gasteiger partial charge < -0.3 is 9.64 Å². The molecule has 29 heavy (non-hydrogen) atoms. The number of benzene rings is 1. The average molecular weight is 433 g/mol. The fourth-order valence-corrected chi connectivity index (χ4v) is 4.09.